The Morgan fingerprint density at radius 3 is 2.60 bits per heavy atom. The third-order valence-corrected chi connectivity index (χ3v) is 3.21. The van der Waals surface area contributed by atoms with Crippen molar-refractivity contribution < 1.29 is 13.9 Å². The molecular weight excluding hydrogens is 304 g/mol. The van der Waals surface area contributed by atoms with Gasteiger partial charge in [-0.15, -0.1) is 0 Å². The molecule has 104 valence electrons. The Kier molecular flexibility index (Phi) is 4.47. The number of carbonyl (C=O) groups excluding carboxylic acids is 1. The summed E-state index contributed by atoms with van der Waals surface area (Å²) >= 11 is 11.5. The molecule has 0 heterocycles. The van der Waals surface area contributed by atoms with Crippen molar-refractivity contribution in [2.24, 2.45) is 0 Å². The van der Waals surface area contributed by atoms with Crippen molar-refractivity contribution in [1.29, 1.82) is 0 Å². The van der Waals surface area contributed by atoms with Crippen molar-refractivity contribution in [3.8, 4) is 5.75 Å². The Labute approximate surface area is 125 Å². The maximum Gasteiger partial charge on any atom is 0.257 e. The second-order valence-corrected chi connectivity index (χ2v) is 4.71. The fourth-order valence-corrected chi connectivity index (χ4v) is 2.10. The molecule has 0 saturated heterocycles. The summed E-state index contributed by atoms with van der Waals surface area (Å²) in [5.41, 5.74) is 0.464. The molecule has 0 aromatic heterocycles. The number of nitrogens with one attached hydrogen (secondary N) is 1. The minimum absolute atomic E-state index is 0.000488. The van der Waals surface area contributed by atoms with Gasteiger partial charge in [0, 0.05) is 0 Å². The van der Waals surface area contributed by atoms with Crippen molar-refractivity contribution in [3.05, 3.63) is 57.8 Å². The topological polar surface area (TPSA) is 38.3 Å². The molecule has 0 atom stereocenters. The van der Waals surface area contributed by atoms with Crippen molar-refractivity contribution >= 4 is 34.8 Å². The van der Waals surface area contributed by atoms with Crippen LogP contribution in [-0.2, 0) is 0 Å². The van der Waals surface area contributed by atoms with Gasteiger partial charge in [-0.3, -0.25) is 4.79 Å². The van der Waals surface area contributed by atoms with E-state index in [9.17, 15) is 9.18 Å². The number of hydrogen-bond donors (Lipinski definition) is 1. The number of hydrogen-bond acceptors (Lipinski definition) is 2. The molecular formula is C14H10Cl2FNO2. The first-order chi connectivity index (χ1) is 9.52. The van der Waals surface area contributed by atoms with E-state index in [0.717, 1.165) is 6.07 Å². The Bertz CT molecular complexity index is 662. The number of amides is 1. The van der Waals surface area contributed by atoms with Crippen LogP contribution in [0.25, 0.3) is 0 Å². The first-order valence-electron chi connectivity index (χ1n) is 5.62. The number of benzene rings is 2. The Hall–Kier alpha value is -1.78. The van der Waals surface area contributed by atoms with Crippen LogP contribution in [0.1, 0.15) is 10.4 Å². The van der Waals surface area contributed by atoms with Gasteiger partial charge in [0.1, 0.15) is 11.6 Å². The minimum atomic E-state index is -0.707. The number of methoxy groups -OCH3 is 1. The van der Waals surface area contributed by atoms with Crippen LogP contribution < -0.4 is 10.1 Å². The second kappa shape index (κ2) is 6.11. The highest BCUT2D eigenvalue weighted by atomic mass is 35.5. The molecule has 0 radical (unpaired) electrons. The highest BCUT2D eigenvalue weighted by Crippen LogP contribution is 2.27. The van der Waals surface area contributed by atoms with Crippen LogP contribution in [0.3, 0.4) is 0 Å². The van der Waals surface area contributed by atoms with Crippen molar-refractivity contribution in [2.45, 2.75) is 0 Å². The van der Waals surface area contributed by atoms with Crippen LogP contribution >= 0.6 is 23.2 Å². The zero-order chi connectivity index (χ0) is 14.7. The number of anilines is 1. The van der Waals surface area contributed by atoms with Crippen molar-refractivity contribution in [3.63, 3.8) is 0 Å². The Morgan fingerprint density at radius 2 is 1.90 bits per heavy atom. The molecule has 6 heteroatoms. The maximum absolute atomic E-state index is 13.4. The standard InChI is InChI=1S/C14H10Cl2FNO2/c1-20-13-5-3-2-4-12(13)18-14(19)8-6-11(17)10(16)7-9(8)15/h2-7H,1H3,(H,18,19). The smallest absolute Gasteiger partial charge is 0.257 e. The molecule has 0 unspecified atom stereocenters. The summed E-state index contributed by atoms with van der Waals surface area (Å²) in [6.45, 7) is 0. The highest BCUT2D eigenvalue weighted by Gasteiger charge is 2.15. The zero-order valence-electron chi connectivity index (χ0n) is 10.4. The molecule has 1 amide bonds. The summed E-state index contributed by atoms with van der Waals surface area (Å²) in [6.07, 6.45) is 0. The summed E-state index contributed by atoms with van der Waals surface area (Å²) in [5.74, 6) is -0.761. The van der Waals surface area contributed by atoms with Crippen molar-refractivity contribution in [1.82, 2.24) is 0 Å². The van der Waals surface area contributed by atoms with Gasteiger partial charge in [0.05, 0.1) is 28.4 Å². The lowest BCUT2D eigenvalue weighted by atomic mass is 10.2. The molecule has 0 aliphatic carbocycles. The molecule has 0 aliphatic rings. The van der Waals surface area contributed by atoms with Gasteiger partial charge in [-0.2, -0.15) is 0 Å². The molecule has 0 bridgehead atoms. The minimum Gasteiger partial charge on any atom is -0.495 e. The molecule has 2 rings (SSSR count). The van der Waals surface area contributed by atoms with E-state index in [-0.39, 0.29) is 15.6 Å². The monoisotopic (exact) mass is 313 g/mol. The molecule has 0 fully saturated rings. The molecule has 2 aromatic rings. The predicted octanol–water partition coefficient (Wildman–Crippen LogP) is 4.39. The van der Waals surface area contributed by atoms with Crippen LogP contribution in [-0.4, -0.2) is 13.0 Å². The highest BCUT2D eigenvalue weighted by molar-refractivity contribution is 6.37. The fourth-order valence-electron chi connectivity index (χ4n) is 1.63. The van der Waals surface area contributed by atoms with Gasteiger partial charge in [0.2, 0.25) is 0 Å². The molecule has 0 saturated carbocycles. The average molecular weight is 314 g/mol. The number of carbonyl (C=O) groups is 1. The summed E-state index contributed by atoms with van der Waals surface area (Å²) in [6, 6.07) is 9.05. The SMILES string of the molecule is COc1ccccc1NC(=O)c1cc(F)c(Cl)cc1Cl. The van der Waals surface area contributed by atoms with Crippen LogP contribution in [0.4, 0.5) is 10.1 Å². The third-order valence-electron chi connectivity index (χ3n) is 2.61. The van der Waals surface area contributed by atoms with Gasteiger partial charge >= 0.3 is 0 Å². The molecule has 2 aromatic carbocycles. The van der Waals surface area contributed by atoms with Gasteiger partial charge in [-0.25, -0.2) is 4.39 Å². The third kappa shape index (κ3) is 3.03. The van der Waals surface area contributed by atoms with Gasteiger partial charge in [-0.05, 0) is 24.3 Å². The van der Waals surface area contributed by atoms with E-state index in [1.165, 1.54) is 13.2 Å². The average Bonchev–Trinajstić information content (AvgIpc) is 2.43. The van der Waals surface area contributed by atoms with E-state index in [4.69, 9.17) is 27.9 Å². The largest absolute Gasteiger partial charge is 0.495 e. The van der Waals surface area contributed by atoms with Gasteiger partial charge in [0.15, 0.2) is 0 Å². The second-order valence-electron chi connectivity index (χ2n) is 3.90. The zero-order valence-corrected chi connectivity index (χ0v) is 11.9. The summed E-state index contributed by atoms with van der Waals surface area (Å²) < 4.78 is 18.5. The lowest BCUT2D eigenvalue weighted by Crippen LogP contribution is -2.13. The van der Waals surface area contributed by atoms with E-state index in [1.807, 2.05) is 0 Å². The molecule has 1 N–H and O–H groups in total. The lowest BCUT2D eigenvalue weighted by molar-refractivity contribution is 0.102. The van der Waals surface area contributed by atoms with Crippen LogP contribution in [0, 0.1) is 5.82 Å². The maximum atomic E-state index is 13.4. The molecule has 20 heavy (non-hydrogen) atoms. The van der Waals surface area contributed by atoms with Crippen LogP contribution in [0.15, 0.2) is 36.4 Å². The van der Waals surface area contributed by atoms with E-state index < -0.39 is 11.7 Å². The number of para-hydroxylation sites is 2. The van der Waals surface area contributed by atoms with Gasteiger partial charge in [0.25, 0.3) is 5.91 Å². The Balaban J connectivity index is 2.31. The summed E-state index contributed by atoms with van der Waals surface area (Å²) in [4.78, 5) is 12.1. The van der Waals surface area contributed by atoms with Gasteiger partial charge < -0.3 is 10.1 Å². The molecule has 3 nitrogen and oxygen atoms in total. The summed E-state index contributed by atoms with van der Waals surface area (Å²) in [7, 11) is 1.49. The molecule has 0 spiro atoms. The first-order valence-corrected chi connectivity index (χ1v) is 6.37. The quantitative estimate of drug-likeness (QED) is 0.853. The predicted molar refractivity (Wildman–Crippen MR) is 77.4 cm³/mol. The number of ether oxygens (including phenoxy) is 1. The van der Waals surface area contributed by atoms with Crippen molar-refractivity contribution in [2.75, 3.05) is 12.4 Å². The van der Waals surface area contributed by atoms with E-state index in [2.05, 4.69) is 5.32 Å². The number of rotatable bonds is 3. The normalized spacial score (nSPS) is 10.2. The van der Waals surface area contributed by atoms with Gasteiger partial charge in [-0.1, -0.05) is 35.3 Å². The van der Waals surface area contributed by atoms with E-state index in [1.54, 1.807) is 24.3 Å². The lowest BCUT2D eigenvalue weighted by Gasteiger charge is -2.11. The van der Waals surface area contributed by atoms with Crippen LogP contribution in [0.2, 0.25) is 10.0 Å². The first kappa shape index (κ1) is 14.6. The molecule has 0 aliphatic heterocycles. The number of halogens is 3. The summed E-state index contributed by atoms with van der Waals surface area (Å²) in [5, 5.41) is 2.54. The van der Waals surface area contributed by atoms with E-state index >= 15 is 0 Å². The fraction of sp³-hybridized carbons (Fsp3) is 0.0714. The van der Waals surface area contributed by atoms with Crippen LogP contribution in [0.5, 0.6) is 5.75 Å². The Morgan fingerprint density at radius 1 is 1.20 bits per heavy atom. The van der Waals surface area contributed by atoms with E-state index in [0.29, 0.717) is 11.4 Å².